The Bertz CT molecular complexity index is 982. The molecule has 1 unspecified atom stereocenters. The predicted molar refractivity (Wildman–Crippen MR) is 108 cm³/mol. The molecule has 0 N–H and O–H groups in total. The molecule has 3 heterocycles. The Morgan fingerprint density at radius 2 is 2.21 bits per heavy atom. The number of fused-ring (bicyclic) bond motifs is 1. The van der Waals surface area contributed by atoms with E-state index in [0.717, 1.165) is 41.9 Å². The Labute approximate surface area is 165 Å². The van der Waals surface area contributed by atoms with Crippen LogP contribution in [-0.4, -0.2) is 52.1 Å². The molecular formula is C22H26N4O2. The molecule has 1 amide bonds. The molecular weight excluding hydrogens is 352 g/mol. The number of rotatable bonds is 6. The van der Waals surface area contributed by atoms with Gasteiger partial charge in [-0.15, -0.1) is 0 Å². The molecule has 3 aromatic rings. The van der Waals surface area contributed by atoms with Crippen molar-refractivity contribution in [3.8, 4) is 0 Å². The largest absolute Gasteiger partial charge is 0.383 e. The summed E-state index contributed by atoms with van der Waals surface area (Å²) in [6, 6.07) is 10.1. The molecule has 6 nitrogen and oxygen atoms in total. The summed E-state index contributed by atoms with van der Waals surface area (Å²) in [5.74, 6) is 1.46. The maximum Gasteiger partial charge on any atom is 0.227 e. The number of methoxy groups -OCH3 is 1. The molecule has 1 aliphatic rings. The number of aromatic nitrogens is 3. The van der Waals surface area contributed by atoms with Gasteiger partial charge in [0.1, 0.15) is 5.82 Å². The molecule has 0 radical (unpaired) electrons. The van der Waals surface area contributed by atoms with E-state index >= 15 is 0 Å². The molecule has 0 spiro atoms. The van der Waals surface area contributed by atoms with Gasteiger partial charge in [0.15, 0.2) is 0 Å². The zero-order valence-electron chi connectivity index (χ0n) is 16.5. The first-order chi connectivity index (χ1) is 13.7. The fourth-order valence-electron chi connectivity index (χ4n) is 4.02. The number of likely N-dealkylation sites (tertiary alicyclic amines) is 1. The van der Waals surface area contributed by atoms with E-state index in [4.69, 9.17) is 9.72 Å². The van der Waals surface area contributed by atoms with Crippen LogP contribution in [0.4, 0.5) is 0 Å². The highest BCUT2D eigenvalue weighted by Gasteiger charge is 2.31. The van der Waals surface area contributed by atoms with Crippen molar-refractivity contribution in [1.29, 1.82) is 0 Å². The number of hydrogen-bond donors (Lipinski definition) is 0. The summed E-state index contributed by atoms with van der Waals surface area (Å²) in [7, 11) is 1.71. The Morgan fingerprint density at radius 3 is 3.04 bits per heavy atom. The van der Waals surface area contributed by atoms with Crippen molar-refractivity contribution in [3.05, 3.63) is 59.7 Å². The quantitative estimate of drug-likeness (QED) is 0.662. The molecule has 1 atom stereocenters. The van der Waals surface area contributed by atoms with Gasteiger partial charge in [-0.2, -0.15) is 0 Å². The van der Waals surface area contributed by atoms with Gasteiger partial charge in [-0.1, -0.05) is 29.8 Å². The summed E-state index contributed by atoms with van der Waals surface area (Å²) in [5.41, 5.74) is 4.24. The Hall–Kier alpha value is -2.73. The molecule has 146 valence electrons. The number of hydrogen-bond acceptors (Lipinski definition) is 4. The lowest BCUT2D eigenvalue weighted by molar-refractivity contribution is -0.129. The first-order valence-corrected chi connectivity index (χ1v) is 9.78. The Morgan fingerprint density at radius 1 is 1.32 bits per heavy atom. The number of aryl methyl sites for hydroxylation is 1. The topological polar surface area (TPSA) is 60.2 Å². The third kappa shape index (κ3) is 3.78. The summed E-state index contributed by atoms with van der Waals surface area (Å²) in [6.45, 7) is 4.91. The van der Waals surface area contributed by atoms with Crippen molar-refractivity contribution < 1.29 is 9.53 Å². The summed E-state index contributed by atoms with van der Waals surface area (Å²) in [5, 5.41) is 0. The van der Waals surface area contributed by atoms with E-state index in [-0.39, 0.29) is 11.8 Å². The number of ether oxygens (including phenoxy) is 1. The van der Waals surface area contributed by atoms with Crippen LogP contribution >= 0.6 is 0 Å². The van der Waals surface area contributed by atoms with E-state index in [0.29, 0.717) is 19.6 Å². The highest BCUT2D eigenvalue weighted by atomic mass is 16.5. The van der Waals surface area contributed by atoms with E-state index in [1.807, 2.05) is 29.3 Å². The second-order valence-electron chi connectivity index (χ2n) is 7.47. The highest BCUT2D eigenvalue weighted by Crippen LogP contribution is 2.29. The molecule has 6 heteroatoms. The predicted octanol–water partition coefficient (Wildman–Crippen LogP) is 2.94. The zero-order chi connectivity index (χ0) is 19.5. The Kier molecular flexibility index (Phi) is 5.39. The normalized spacial score (nSPS) is 16.8. The molecule has 4 rings (SSSR count). The number of amides is 1. The van der Waals surface area contributed by atoms with Crippen molar-refractivity contribution in [1.82, 2.24) is 19.4 Å². The lowest BCUT2D eigenvalue weighted by atomic mass is 10.1. The van der Waals surface area contributed by atoms with Crippen LogP contribution in [-0.2, 0) is 22.5 Å². The van der Waals surface area contributed by atoms with E-state index in [1.54, 1.807) is 13.3 Å². The van der Waals surface area contributed by atoms with Crippen molar-refractivity contribution >= 4 is 16.9 Å². The summed E-state index contributed by atoms with van der Waals surface area (Å²) in [4.78, 5) is 23.9. The van der Waals surface area contributed by atoms with E-state index in [1.165, 1.54) is 5.56 Å². The maximum atomic E-state index is 12.8. The number of benzene rings is 1. The monoisotopic (exact) mass is 378 g/mol. The summed E-state index contributed by atoms with van der Waals surface area (Å²) >= 11 is 0. The average Bonchev–Trinajstić information content (AvgIpc) is 3.31. The molecule has 28 heavy (non-hydrogen) atoms. The number of carbonyl (C=O) groups excluding carboxylic acids is 1. The lowest BCUT2D eigenvalue weighted by Gasteiger charge is -2.17. The fraction of sp³-hybridized carbons (Fsp3) is 0.409. The van der Waals surface area contributed by atoms with Gasteiger partial charge >= 0.3 is 0 Å². The van der Waals surface area contributed by atoms with Gasteiger partial charge in [-0.25, -0.2) is 4.98 Å². The standard InChI is InChI=1S/C22H26N4O2/c1-16-4-3-5-17(12-16)13-21(27)25-9-7-18(15-25)22-24-19-6-8-23-14-20(19)26(22)10-11-28-2/h3-6,8,12,14,18H,7,9-11,13,15H2,1-2H3. The van der Waals surface area contributed by atoms with Crippen LogP contribution in [0.25, 0.3) is 11.0 Å². The first-order valence-electron chi connectivity index (χ1n) is 9.78. The number of imidazole rings is 1. The van der Waals surface area contributed by atoms with E-state index < -0.39 is 0 Å². The van der Waals surface area contributed by atoms with Gasteiger partial charge < -0.3 is 14.2 Å². The molecule has 1 fully saturated rings. The van der Waals surface area contributed by atoms with Crippen molar-refractivity contribution in [2.75, 3.05) is 26.8 Å². The summed E-state index contributed by atoms with van der Waals surface area (Å²) in [6.07, 6.45) is 5.02. The SMILES string of the molecule is COCCn1c(C2CCN(C(=O)Cc3cccc(C)c3)C2)nc2ccncc21. The molecule has 2 aromatic heterocycles. The van der Waals surface area contributed by atoms with Crippen LogP contribution in [0.3, 0.4) is 0 Å². The number of carbonyl (C=O) groups is 1. The number of pyridine rings is 1. The van der Waals surface area contributed by atoms with E-state index in [9.17, 15) is 4.79 Å². The minimum absolute atomic E-state index is 0.189. The van der Waals surface area contributed by atoms with Crippen LogP contribution in [0.2, 0.25) is 0 Å². The number of nitrogens with zero attached hydrogens (tertiary/aromatic N) is 4. The van der Waals surface area contributed by atoms with Crippen LogP contribution in [0, 0.1) is 6.92 Å². The van der Waals surface area contributed by atoms with Crippen molar-refractivity contribution in [2.45, 2.75) is 32.2 Å². The first kappa shape index (κ1) is 18.6. The van der Waals surface area contributed by atoms with E-state index in [2.05, 4.69) is 28.6 Å². The van der Waals surface area contributed by atoms with Crippen LogP contribution in [0.5, 0.6) is 0 Å². The van der Waals surface area contributed by atoms with Gasteiger partial charge in [-0.3, -0.25) is 9.78 Å². The minimum atomic E-state index is 0.189. The second-order valence-corrected chi connectivity index (χ2v) is 7.47. The van der Waals surface area contributed by atoms with Crippen molar-refractivity contribution in [3.63, 3.8) is 0 Å². The fourth-order valence-corrected chi connectivity index (χ4v) is 4.02. The van der Waals surface area contributed by atoms with Crippen LogP contribution in [0.15, 0.2) is 42.7 Å². The molecule has 0 saturated carbocycles. The van der Waals surface area contributed by atoms with Gasteiger partial charge in [0, 0.05) is 38.9 Å². The zero-order valence-corrected chi connectivity index (χ0v) is 16.5. The third-order valence-electron chi connectivity index (χ3n) is 5.44. The van der Waals surface area contributed by atoms with Crippen molar-refractivity contribution in [2.24, 2.45) is 0 Å². The van der Waals surface area contributed by atoms with Crippen LogP contribution < -0.4 is 0 Å². The van der Waals surface area contributed by atoms with Gasteiger partial charge in [0.2, 0.25) is 5.91 Å². The molecule has 0 bridgehead atoms. The molecule has 1 saturated heterocycles. The minimum Gasteiger partial charge on any atom is -0.383 e. The smallest absolute Gasteiger partial charge is 0.227 e. The maximum absolute atomic E-state index is 12.8. The van der Waals surface area contributed by atoms with Gasteiger partial charge in [-0.05, 0) is 25.0 Å². The molecule has 1 aromatic carbocycles. The molecule has 0 aliphatic carbocycles. The summed E-state index contributed by atoms with van der Waals surface area (Å²) < 4.78 is 7.48. The van der Waals surface area contributed by atoms with Crippen LogP contribution in [0.1, 0.15) is 29.3 Å². The average molecular weight is 378 g/mol. The highest BCUT2D eigenvalue weighted by molar-refractivity contribution is 5.79. The molecule has 1 aliphatic heterocycles. The second kappa shape index (κ2) is 8.10. The van der Waals surface area contributed by atoms with Gasteiger partial charge in [0.25, 0.3) is 0 Å². The third-order valence-corrected chi connectivity index (χ3v) is 5.44. The van der Waals surface area contributed by atoms with Gasteiger partial charge in [0.05, 0.1) is 30.3 Å². The lowest BCUT2D eigenvalue weighted by Crippen LogP contribution is -2.30. The Balaban J connectivity index is 1.51.